The summed E-state index contributed by atoms with van der Waals surface area (Å²) in [5.74, 6) is 0.796. The summed E-state index contributed by atoms with van der Waals surface area (Å²) in [5, 5.41) is 3.00. The van der Waals surface area contributed by atoms with Gasteiger partial charge in [0.05, 0.1) is 6.20 Å². The molecule has 0 atom stereocenters. The van der Waals surface area contributed by atoms with Gasteiger partial charge in [-0.15, -0.1) is 0 Å². The molecule has 0 radical (unpaired) electrons. The van der Waals surface area contributed by atoms with E-state index < -0.39 is 0 Å². The van der Waals surface area contributed by atoms with E-state index in [2.05, 4.69) is 15.1 Å². The third-order valence-corrected chi connectivity index (χ3v) is 2.14. The van der Waals surface area contributed by atoms with E-state index in [0.717, 1.165) is 5.69 Å². The summed E-state index contributed by atoms with van der Waals surface area (Å²) in [6, 6.07) is 1.58. The third-order valence-electron chi connectivity index (χ3n) is 2.14. The van der Waals surface area contributed by atoms with Crippen molar-refractivity contribution in [2.24, 2.45) is 0 Å². The molecule has 5 heteroatoms. The number of hydrogen-bond acceptors (Lipinski definition) is 3. The van der Waals surface area contributed by atoms with Crippen LogP contribution < -0.4 is 5.56 Å². The second-order valence-electron chi connectivity index (χ2n) is 3.60. The molecular weight excluding hydrogens is 192 g/mol. The van der Waals surface area contributed by atoms with Gasteiger partial charge in [0.2, 0.25) is 0 Å². The van der Waals surface area contributed by atoms with Gasteiger partial charge in [0, 0.05) is 24.2 Å². The first-order chi connectivity index (χ1) is 7.18. The fraction of sp³-hybridized carbons (Fsp3) is 0.300. The van der Waals surface area contributed by atoms with Gasteiger partial charge in [-0.1, -0.05) is 13.8 Å². The molecule has 0 aliphatic rings. The lowest BCUT2D eigenvalue weighted by Crippen LogP contribution is -2.14. The van der Waals surface area contributed by atoms with Gasteiger partial charge in [0.1, 0.15) is 0 Å². The van der Waals surface area contributed by atoms with Crippen molar-refractivity contribution in [2.45, 2.75) is 19.8 Å². The quantitative estimate of drug-likeness (QED) is 0.796. The van der Waals surface area contributed by atoms with Crippen LogP contribution in [0, 0.1) is 0 Å². The zero-order valence-electron chi connectivity index (χ0n) is 8.64. The Kier molecular flexibility index (Phi) is 2.37. The highest BCUT2D eigenvalue weighted by atomic mass is 16.1. The van der Waals surface area contributed by atoms with E-state index in [1.807, 2.05) is 13.8 Å². The van der Waals surface area contributed by atoms with Crippen molar-refractivity contribution >= 4 is 0 Å². The first-order valence-corrected chi connectivity index (χ1v) is 4.77. The molecule has 2 heterocycles. The van der Waals surface area contributed by atoms with Gasteiger partial charge < -0.3 is 0 Å². The Hall–Kier alpha value is -1.91. The molecule has 0 amide bonds. The number of aromatic nitrogens is 4. The highest BCUT2D eigenvalue weighted by Gasteiger charge is 2.08. The number of rotatable bonds is 2. The van der Waals surface area contributed by atoms with Crippen LogP contribution in [-0.2, 0) is 0 Å². The highest BCUT2D eigenvalue weighted by Crippen LogP contribution is 2.09. The summed E-state index contributed by atoms with van der Waals surface area (Å²) in [5.41, 5.74) is 0.782. The second-order valence-corrected chi connectivity index (χ2v) is 3.60. The first kappa shape index (κ1) is 9.64. The van der Waals surface area contributed by atoms with Crippen molar-refractivity contribution in [3.8, 4) is 5.82 Å². The van der Waals surface area contributed by atoms with Crippen molar-refractivity contribution in [3.05, 3.63) is 40.7 Å². The average molecular weight is 204 g/mol. The van der Waals surface area contributed by atoms with E-state index >= 15 is 0 Å². The van der Waals surface area contributed by atoms with Gasteiger partial charge >= 0.3 is 0 Å². The van der Waals surface area contributed by atoms with Crippen LogP contribution >= 0.6 is 0 Å². The number of nitrogens with zero attached hydrogens (tertiary/aromatic N) is 3. The molecule has 0 fully saturated rings. The van der Waals surface area contributed by atoms with E-state index in [-0.39, 0.29) is 11.5 Å². The van der Waals surface area contributed by atoms with Crippen LogP contribution in [0.25, 0.3) is 5.82 Å². The summed E-state index contributed by atoms with van der Waals surface area (Å²) >= 11 is 0. The number of nitrogens with one attached hydrogen (secondary N) is 1. The molecule has 15 heavy (non-hydrogen) atoms. The van der Waals surface area contributed by atoms with E-state index in [1.54, 1.807) is 24.7 Å². The topological polar surface area (TPSA) is 63.6 Å². The number of hydrogen-bond donors (Lipinski definition) is 1. The smallest absolute Gasteiger partial charge is 0.272 e. The first-order valence-electron chi connectivity index (χ1n) is 4.77. The fourth-order valence-corrected chi connectivity index (χ4v) is 1.29. The summed E-state index contributed by atoms with van der Waals surface area (Å²) in [4.78, 5) is 19.6. The van der Waals surface area contributed by atoms with Crippen LogP contribution in [-0.4, -0.2) is 19.7 Å². The summed E-state index contributed by atoms with van der Waals surface area (Å²) in [6.45, 7) is 4.04. The lowest BCUT2D eigenvalue weighted by Gasteiger charge is -2.01. The van der Waals surface area contributed by atoms with E-state index in [1.165, 1.54) is 4.68 Å². The molecule has 2 rings (SSSR count). The minimum absolute atomic E-state index is 0.112. The van der Waals surface area contributed by atoms with Gasteiger partial charge in [-0.2, -0.15) is 4.68 Å². The maximum absolute atomic E-state index is 11.6. The van der Waals surface area contributed by atoms with Gasteiger partial charge in [0.15, 0.2) is 5.82 Å². The van der Waals surface area contributed by atoms with Crippen molar-refractivity contribution in [3.63, 3.8) is 0 Å². The van der Waals surface area contributed by atoms with Crippen LogP contribution in [0.4, 0.5) is 0 Å². The normalized spacial score (nSPS) is 10.9. The van der Waals surface area contributed by atoms with E-state index in [4.69, 9.17) is 0 Å². The standard InChI is InChI=1S/C10H12N4O/c1-7(2)8-5-10(15)14(13-8)9-6-11-3-4-12-9/h3-7,13H,1-2H3. The maximum Gasteiger partial charge on any atom is 0.272 e. The van der Waals surface area contributed by atoms with E-state index in [9.17, 15) is 4.79 Å². The minimum atomic E-state index is -0.112. The maximum atomic E-state index is 11.6. The Balaban J connectivity index is 2.50. The van der Waals surface area contributed by atoms with Crippen LogP contribution in [0.5, 0.6) is 0 Å². The molecule has 0 aliphatic heterocycles. The lowest BCUT2D eigenvalue weighted by atomic mass is 10.1. The third kappa shape index (κ3) is 1.81. The number of aromatic amines is 1. The van der Waals surface area contributed by atoms with Crippen molar-refractivity contribution in [2.75, 3.05) is 0 Å². The largest absolute Gasteiger partial charge is 0.293 e. The monoisotopic (exact) mass is 204 g/mol. The summed E-state index contributed by atoms with van der Waals surface area (Å²) in [6.07, 6.45) is 4.67. The Bertz CT molecular complexity index is 498. The Labute approximate surface area is 86.8 Å². The van der Waals surface area contributed by atoms with Gasteiger partial charge in [-0.3, -0.25) is 14.9 Å². The highest BCUT2D eigenvalue weighted by molar-refractivity contribution is 5.18. The Morgan fingerprint density at radius 2 is 2.20 bits per heavy atom. The molecule has 0 bridgehead atoms. The number of H-pyrrole nitrogens is 1. The average Bonchev–Trinajstić information content (AvgIpc) is 2.62. The Morgan fingerprint density at radius 3 is 2.73 bits per heavy atom. The molecule has 1 N–H and O–H groups in total. The SMILES string of the molecule is CC(C)c1cc(=O)n(-c2cnccn2)[nH]1. The van der Waals surface area contributed by atoms with Gasteiger partial charge in [-0.25, -0.2) is 4.98 Å². The molecule has 0 saturated carbocycles. The molecule has 2 aromatic heterocycles. The fourth-order valence-electron chi connectivity index (χ4n) is 1.29. The summed E-state index contributed by atoms with van der Waals surface area (Å²) < 4.78 is 1.39. The molecule has 0 saturated heterocycles. The molecule has 2 aromatic rings. The molecule has 0 aliphatic carbocycles. The summed E-state index contributed by atoms with van der Waals surface area (Å²) in [7, 11) is 0. The van der Waals surface area contributed by atoms with Crippen LogP contribution in [0.3, 0.4) is 0 Å². The molecular formula is C10H12N4O. The van der Waals surface area contributed by atoms with Crippen LogP contribution in [0.1, 0.15) is 25.5 Å². The van der Waals surface area contributed by atoms with Crippen LogP contribution in [0.2, 0.25) is 0 Å². The zero-order valence-corrected chi connectivity index (χ0v) is 8.64. The minimum Gasteiger partial charge on any atom is -0.293 e. The molecule has 0 unspecified atom stereocenters. The zero-order chi connectivity index (χ0) is 10.8. The lowest BCUT2D eigenvalue weighted by molar-refractivity contribution is 0.745. The molecule has 78 valence electrons. The van der Waals surface area contributed by atoms with Gasteiger partial charge in [0.25, 0.3) is 5.56 Å². The predicted octanol–water partition coefficient (Wildman–Crippen LogP) is 1.08. The van der Waals surface area contributed by atoms with Crippen molar-refractivity contribution in [1.82, 2.24) is 19.7 Å². The van der Waals surface area contributed by atoms with Crippen molar-refractivity contribution < 1.29 is 0 Å². The second kappa shape index (κ2) is 3.68. The molecule has 0 spiro atoms. The molecule has 5 nitrogen and oxygen atoms in total. The van der Waals surface area contributed by atoms with Gasteiger partial charge in [-0.05, 0) is 5.92 Å². The van der Waals surface area contributed by atoms with Crippen molar-refractivity contribution in [1.29, 1.82) is 0 Å². The molecule has 0 aromatic carbocycles. The Morgan fingerprint density at radius 1 is 1.40 bits per heavy atom. The van der Waals surface area contributed by atoms with E-state index in [0.29, 0.717) is 5.82 Å². The predicted molar refractivity (Wildman–Crippen MR) is 56.1 cm³/mol. The van der Waals surface area contributed by atoms with Crippen LogP contribution in [0.15, 0.2) is 29.5 Å².